The predicted octanol–water partition coefficient (Wildman–Crippen LogP) is 3.99. The molecule has 1 aliphatic rings. The molecule has 3 heterocycles. The lowest BCUT2D eigenvalue weighted by atomic mass is 9.94. The van der Waals surface area contributed by atoms with Crippen LogP contribution >= 0.6 is 0 Å². The summed E-state index contributed by atoms with van der Waals surface area (Å²) in [6.45, 7) is 3.22. The summed E-state index contributed by atoms with van der Waals surface area (Å²) >= 11 is 0. The van der Waals surface area contributed by atoms with Gasteiger partial charge in [-0.05, 0) is 37.1 Å². The number of hydrogen-bond acceptors (Lipinski definition) is 5. The Balaban J connectivity index is 1.44. The van der Waals surface area contributed by atoms with Gasteiger partial charge in [0, 0.05) is 37.1 Å². The Bertz CT molecular complexity index is 822. The number of nitrogens with one attached hydrogen (secondary N) is 1. The summed E-state index contributed by atoms with van der Waals surface area (Å²) in [6, 6.07) is 16.9. The number of piperidine rings is 1. The second-order valence-corrected chi connectivity index (χ2v) is 6.72. The first-order valence-corrected chi connectivity index (χ1v) is 9.13. The van der Waals surface area contributed by atoms with Crippen LogP contribution in [-0.2, 0) is 6.54 Å². The summed E-state index contributed by atoms with van der Waals surface area (Å²) in [6.07, 6.45) is 7.44. The topological polar surface area (TPSA) is 53.9 Å². The van der Waals surface area contributed by atoms with Crippen molar-refractivity contribution in [3.05, 3.63) is 78.4 Å². The van der Waals surface area contributed by atoms with E-state index >= 15 is 0 Å². The number of aromatic nitrogens is 3. The lowest BCUT2D eigenvalue weighted by Gasteiger charge is -2.32. The zero-order valence-corrected chi connectivity index (χ0v) is 14.8. The van der Waals surface area contributed by atoms with E-state index in [2.05, 4.69) is 62.6 Å². The van der Waals surface area contributed by atoms with Crippen LogP contribution in [0.15, 0.2) is 67.1 Å². The fraction of sp³-hybridized carbons (Fsp3) is 0.286. The molecular weight excluding hydrogens is 322 g/mol. The molecule has 26 heavy (non-hydrogen) atoms. The predicted molar refractivity (Wildman–Crippen MR) is 103 cm³/mol. The smallest absolute Gasteiger partial charge is 0.150 e. The van der Waals surface area contributed by atoms with Gasteiger partial charge in [0.15, 0.2) is 0 Å². The molecule has 132 valence electrons. The van der Waals surface area contributed by atoms with E-state index in [1.807, 2.05) is 6.07 Å². The Labute approximate surface area is 154 Å². The summed E-state index contributed by atoms with van der Waals surface area (Å²) in [5, 5.41) is 3.24. The molecule has 3 aromatic rings. The Hall–Kier alpha value is -2.79. The quantitative estimate of drug-likeness (QED) is 0.757. The number of nitrogens with zero attached hydrogens (tertiary/aromatic N) is 4. The Morgan fingerprint density at radius 1 is 1.00 bits per heavy atom. The standard InChI is InChI=1S/C21H23N5/c1-2-6-17(7-3-1)15-26-13-5-8-18(16-26)19-9-4-10-20(24-19)25-21-14-22-11-12-23-21/h1-4,6-7,9-12,14,18H,5,8,13,15-16H2,(H,23,24,25)/t18-/m1/s1. The van der Waals surface area contributed by atoms with Gasteiger partial charge in [-0.1, -0.05) is 36.4 Å². The molecule has 0 bridgehead atoms. The first-order valence-electron chi connectivity index (χ1n) is 9.13. The molecule has 0 aliphatic carbocycles. The van der Waals surface area contributed by atoms with E-state index in [0.717, 1.165) is 31.1 Å². The summed E-state index contributed by atoms with van der Waals surface area (Å²) in [4.78, 5) is 15.7. The van der Waals surface area contributed by atoms with Crippen molar-refractivity contribution in [2.24, 2.45) is 0 Å². The maximum absolute atomic E-state index is 4.83. The van der Waals surface area contributed by atoms with Crippen LogP contribution in [0.5, 0.6) is 0 Å². The molecule has 1 N–H and O–H groups in total. The van der Waals surface area contributed by atoms with Crippen molar-refractivity contribution in [3.8, 4) is 0 Å². The van der Waals surface area contributed by atoms with E-state index in [9.17, 15) is 0 Å². The molecule has 0 spiro atoms. The molecule has 0 saturated carbocycles. The van der Waals surface area contributed by atoms with Gasteiger partial charge in [-0.25, -0.2) is 9.97 Å². The van der Waals surface area contributed by atoms with Crippen molar-refractivity contribution >= 4 is 11.6 Å². The normalized spacial score (nSPS) is 17.8. The molecule has 1 aromatic carbocycles. The lowest BCUT2D eigenvalue weighted by Crippen LogP contribution is -2.34. The third kappa shape index (κ3) is 4.24. The summed E-state index contributed by atoms with van der Waals surface area (Å²) in [5.74, 6) is 2.01. The van der Waals surface area contributed by atoms with Crippen molar-refractivity contribution in [2.45, 2.75) is 25.3 Å². The van der Waals surface area contributed by atoms with Crippen LogP contribution in [0.2, 0.25) is 0 Å². The molecule has 0 radical (unpaired) electrons. The molecule has 1 fully saturated rings. The number of benzene rings is 1. The number of likely N-dealkylation sites (tertiary alicyclic amines) is 1. The van der Waals surface area contributed by atoms with Gasteiger partial charge in [-0.3, -0.25) is 9.88 Å². The second kappa shape index (κ2) is 8.06. The highest BCUT2D eigenvalue weighted by Gasteiger charge is 2.22. The lowest BCUT2D eigenvalue weighted by molar-refractivity contribution is 0.198. The monoisotopic (exact) mass is 345 g/mol. The fourth-order valence-electron chi connectivity index (χ4n) is 3.53. The van der Waals surface area contributed by atoms with E-state index in [-0.39, 0.29) is 0 Å². The number of anilines is 2. The SMILES string of the molecule is c1ccc(CN2CCC[C@@H](c3cccc(Nc4cnccn4)n3)C2)cc1. The van der Waals surface area contributed by atoms with E-state index < -0.39 is 0 Å². The van der Waals surface area contributed by atoms with Gasteiger partial charge in [0.2, 0.25) is 0 Å². The van der Waals surface area contributed by atoms with E-state index in [4.69, 9.17) is 4.98 Å². The average molecular weight is 345 g/mol. The van der Waals surface area contributed by atoms with Crippen molar-refractivity contribution in [3.63, 3.8) is 0 Å². The van der Waals surface area contributed by atoms with Crippen LogP contribution in [0, 0.1) is 0 Å². The Morgan fingerprint density at radius 3 is 2.77 bits per heavy atom. The highest BCUT2D eigenvalue weighted by atomic mass is 15.1. The molecular formula is C21H23N5. The van der Waals surface area contributed by atoms with Crippen LogP contribution < -0.4 is 5.32 Å². The first kappa shape index (κ1) is 16.7. The highest BCUT2D eigenvalue weighted by molar-refractivity contribution is 5.50. The van der Waals surface area contributed by atoms with Gasteiger partial charge >= 0.3 is 0 Å². The maximum Gasteiger partial charge on any atom is 0.150 e. The average Bonchev–Trinajstić information content (AvgIpc) is 2.70. The van der Waals surface area contributed by atoms with E-state index in [1.54, 1.807) is 18.6 Å². The first-order chi connectivity index (χ1) is 12.9. The van der Waals surface area contributed by atoms with Gasteiger partial charge in [0.1, 0.15) is 11.6 Å². The van der Waals surface area contributed by atoms with Crippen LogP contribution in [0.25, 0.3) is 0 Å². The molecule has 1 atom stereocenters. The van der Waals surface area contributed by atoms with E-state index in [1.165, 1.54) is 18.4 Å². The Morgan fingerprint density at radius 2 is 1.92 bits per heavy atom. The number of pyridine rings is 1. The number of rotatable bonds is 5. The van der Waals surface area contributed by atoms with Crippen LogP contribution in [-0.4, -0.2) is 32.9 Å². The Kier molecular flexibility index (Phi) is 5.17. The largest absolute Gasteiger partial charge is 0.324 e. The van der Waals surface area contributed by atoms with Gasteiger partial charge in [-0.2, -0.15) is 0 Å². The molecule has 5 nitrogen and oxygen atoms in total. The molecule has 1 saturated heterocycles. The van der Waals surface area contributed by atoms with Gasteiger partial charge < -0.3 is 5.32 Å². The molecule has 0 unspecified atom stereocenters. The van der Waals surface area contributed by atoms with Crippen molar-refractivity contribution in [1.82, 2.24) is 19.9 Å². The summed E-state index contributed by atoms with van der Waals surface area (Å²) < 4.78 is 0. The number of hydrogen-bond donors (Lipinski definition) is 1. The zero-order valence-electron chi connectivity index (χ0n) is 14.8. The highest BCUT2D eigenvalue weighted by Crippen LogP contribution is 2.27. The summed E-state index contributed by atoms with van der Waals surface area (Å²) in [5.41, 5.74) is 2.52. The van der Waals surface area contributed by atoms with Crippen LogP contribution in [0.1, 0.15) is 30.0 Å². The van der Waals surface area contributed by atoms with Crippen molar-refractivity contribution in [1.29, 1.82) is 0 Å². The molecule has 1 aliphatic heterocycles. The van der Waals surface area contributed by atoms with Gasteiger partial charge in [0.05, 0.1) is 6.20 Å². The third-order valence-corrected chi connectivity index (χ3v) is 4.76. The second-order valence-electron chi connectivity index (χ2n) is 6.72. The molecule has 4 rings (SSSR count). The molecule has 0 amide bonds. The fourth-order valence-corrected chi connectivity index (χ4v) is 3.53. The molecule has 5 heteroatoms. The molecule has 2 aromatic heterocycles. The zero-order chi connectivity index (χ0) is 17.6. The van der Waals surface area contributed by atoms with Crippen molar-refractivity contribution in [2.75, 3.05) is 18.4 Å². The summed E-state index contributed by atoms with van der Waals surface area (Å²) in [7, 11) is 0. The minimum absolute atomic E-state index is 0.469. The van der Waals surface area contributed by atoms with Gasteiger partial charge in [0.25, 0.3) is 0 Å². The third-order valence-electron chi connectivity index (χ3n) is 4.76. The van der Waals surface area contributed by atoms with Crippen molar-refractivity contribution < 1.29 is 0 Å². The van der Waals surface area contributed by atoms with Crippen LogP contribution in [0.4, 0.5) is 11.6 Å². The van der Waals surface area contributed by atoms with Crippen LogP contribution in [0.3, 0.4) is 0 Å². The van der Waals surface area contributed by atoms with Gasteiger partial charge in [-0.15, -0.1) is 0 Å². The maximum atomic E-state index is 4.83. The van der Waals surface area contributed by atoms with E-state index in [0.29, 0.717) is 11.7 Å². The minimum Gasteiger partial charge on any atom is -0.324 e. The minimum atomic E-state index is 0.469.